The van der Waals surface area contributed by atoms with E-state index in [-0.39, 0.29) is 11.7 Å². The lowest BCUT2D eigenvalue weighted by molar-refractivity contribution is -0.00572. The van der Waals surface area contributed by atoms with E-state index in [4.69, 9.17) is 4.74 Å². The van der Waals surface area contributed by atoms with Crippen molar-refractivity contribution in [2.45, 2.75) is 45.6 Å². The molecule has 1 aromatic heterocycles. The summed E-state index contributed by atoms with van der Waals surface area (Å²) < 4.78 is 6.34. The fourth-order valence-electron chi connectivity index (χ4n) is 4.83. The third-order valence-corrected chi connectivity index (χ3v) is 6.55. The number of likely N-dealkylation sites (tertiary alicyclic amines) is 1. The van der Waals surface area contributed by atoms with E-state index in [0.717, 1.165) is 22.6 Å². The SMILES string of the molecule is Cc1ccc2c(c1)C(=O)CC1(CCN(C(=O)c3cccc(Nc4nc(C)cc(C)n4)c3)CC1)O2. The molecule has 3 aromatic rings. The van der Waals surface area contributed by atoms with Gasteiger partial charge in [-0.15, -0.1) is 0 Å². The van der Waals surface area contributed by atoms with Crippen molar-refractivity contribution < 1.29 is 14.3 Å². The molecular formula is C27H28N4O3. The fourth-order valence-corrected chi connectivity index (χ4v) is 4.83. The smallest absolute Gasteiger partial charge is 0.253 e. The maximum Gasteiger partial charge on any atom is 0.253 e. The van der Waals surface area contributed by atoms with Gasteiger partial charge < -0.3 is 15.0 Å². The normalized spacial score (nSPS) is 16.7. The number of piperidine rings is 1. The number of Topliss-reactive ketones (excluding diaryl/α,β-unsaturated/α-hetero) is 1. The molecule has 2 aliphatic rings. The van der Waals surface area contributed by atoms with Gasteiger partial charge in [0.2, 0.25) is 5.95 Å². The Morgan fingerprint density at radius 1 is 1.00 bits per heavy atom. The number of carbonyl (C=O) groups is 2. The number of nitrogens with zero attached hydrogens (tertiary/aromatic N) is 3. The number of ether oxygens (including phenoxy) is 1. The van der Waals surface area contributed by atoms with Crippen molar-refractivity contribution in [3.63, 3.8) is 0 Å². The van der Waals surface area contributed by atoms with Crippen molar-refractivity contribution in [3.05, 3.63) is 76.6 Å². The highest BCUT2D eigenvalue weighted by Gasteiger charge is 2.43. The zero-order chi connectivity index (χ0) is 23.9. The van der Waals surface area contributed by atoms with E-state index in [9.17, 15) is 9.59 Å². The van der Waals surface area contributed by atoms with E-state index in [1.165, 1.54) is 0 Å². The molecule has 5 rings (SSSR count). The Kier molecular flexibility index (Phi) is 5.55. The van der Waals surface area contributed by atoms with Crippen molar-refractivity contribution in [3.8, 4) is 5.75 Å². The topological polar surface area (TPSA) is 84.4 Å². The molecule has 0 aliphatic carbocycles. The lowest BCUT2D eigenvalue weighted by Crippen LogP contribution is -2.52. The Morgan fingerprint density at radius 2 is 1.74 bits per heavy atom. The minimum Gasteiger partial charge on any atom is -0.486 e. The lowest BCUT2D eigenvalue weighted by Gasteiger charge is -2.44. The molecular weight excluding hydrogens is 428 g/mol. The van der Waals surface area contributed by atoms with Gasteiger partial charge in [-0.2, -0.15) is 0 Å². The van der Waals surface area contributed by atoms with Gasteiger partial charge >= 0.3 is 0 Å². The number of amides is 1. The van der Waals surface area contributed by atoms with Gasteiger partial charge in [0.15, 0.2) is 5.78 Å². The summed E-state index contributed by atoms with van der Waals surface area (Å²) in [6.45, 7) is 6.91. The minimum atomic E-state index is -0.528. The van der Waals surface area contributed by atoms with E-state index in [2.05, 4.69) is 15.3 Å². The van der Waals surface area contributed by atoms with Gasteiger partial charge in [-0.25, -0.2) is 9.97 Å². The Hall–Kier alpha value is -3.74. The maximum atomic E-state index is 13.2. The van der Waals surface area contributed by atoms with Gasteiger partial charge in [0.05, 0.1) is 12.0 Å². The van der Waals surface area contributed by atoms with Gasteiger partial charge in [-0.3, -0.25) is 9.59 Å². The molecule has 0 bridgehead atoms. The number of hydrogen-bond acceptors (Lipinski definition) is 6. The molecule has 2 aliphatic heterocycles. The number of fused-ring (bicyclic) bond motifs is 1. The summed E-state index contributed by atoms with van der Waals surface area (Å²) in [5, 5.41) is 3.20. The number of rotatable bonds is 3. The average Bonchev–Trinajstić information content (AvgIpc) is 2.79. The summed E-state index contributed by atoms with van der Waals surface area (Å²) in [5.41, 5.74) is 4.31. The van der Waals surface area contributed by atoms with Crippen LogP contribution in [-0.2, 0) is 0 Å². The second-order valence-electron chi connectivity index (χ2n) is 9.36. The zero-order valence-electron chi connectivity index (χ0n) is 19.7. The molecule has 1 amide bonds. The first kappa shape index (κ1) is 22.1. The van der Waals surface area contributed by atoms with Crippen LogP contribution in [0, 0.1) is 20.8 Å². The first-order valence-corrected chi connectivity index (χ1v) is 11.6. The van der Waals surface area contributed by atoms with Crippen LogP contribution in [0.3, 0.4) is 0 Å². The van der Waals surface area contributed by atoms with Crippen LogP contribution in [-0.4, -0.2) is 45.2 Å². The molecule has 7 nitrogen and oxygen atoms in total. The van der Waals surface area contributed by atoms with Crippen LogP contribution in [0.2, 0.25) is 0 Å². The van der Waals surface area contributed by atoms with Gasteiger partial charge in [0.25, 0.3) is 5.91 Å². The molecule has 174 valence electrons. The van der Waals surface area contributed by atoms with Crippen LogP contribution in [0.4, 0.5) is 11.6 Å². The quantitative estimate of drug-likeness (QED) is 0.610. The molecule has 1 fully saturated rings. The van der Waals surface area contributed by atoms with E-state index in [1.807, 2.05) is 74.2 Å². The van der Waals surface area contributed by atoms with Crippen LogP contribution in [0.25, 0.3) is 0 Å². The number of carbonyl (C=O) groups excluding carboxylic acids is 2. The predicted octanol–water partition coefficient (Wildman–Crippen LogP) is 4.79. The first-order valence-electron chi connectivity index (χ1n) is 11.6. The molecule has 0 saturated carbocycles. The molecule has 7 heteroatoms. The van der Waals surface area contributed by atoms with Gasteiger partial charge in [-0.1, -0.05) is 17.7 Å². The third kappa shape index (κ3) is 4.38. The van der Waals surface area contributed by atoms with E-state index < -0.39 is 5.60 Å². The van der Waals surface area contributed by atoms with Crippen LogP contribution in [0.1, 0.15) is 56.9 Å². The van der Waals surface area contributed by atoms with Crippen LogP contribution in [0.5, 0.6) is 5.75 Å². The van der Waals surface area contributed by atoms with Gasteiger partial charge in [0, 0.05) is 48.6 Å². The molecule has 2 aromatic carbocycles. The Labute approximate surface area is 199 Å². The molecule has 0 unspecified atom stereocenters. The highest BCUT2D eigenvalue weighted by atomic mass is 16.5. The second kappa shape index (κ2) is 8.56. The maximum absolute atomic E-state index is 13.2. The average molecular weight is 457 g/mol. The number of aromatic nitrogens is 2. The Balaban J connectivity index is 1.27. The monoisotopic (exact) mass is 456 g/mol. The van der Waals surface area contributed by atoms with Crippen molar-refractivity contribution in [2.24, 2.45) is 0 Å². The summed E-state index contributed by atoms with van der Waals surface area (Å²) in [7, 11) is 0. The summed E-state index contributed by atoms with van der Waals surface area (Å²) in [4.78, 5) is 36.7. The summed E-state index contributed by atoms with van der Waals surface area (Å²) in [6, 6.07) is 15.1. The van der Waals surface area contributed by atoms with Crippen LogP contribution >= 0.6 is 0 Å². The van der Waals surface area contributed by atoms with Crippen molar-refractivity contribution in [1.82, 2.24) is 14.9 Å². The number of nitrogens with one attached hydrogen (secondary N) is 1. The number of benzene rings is 2. The molecule has 1 N–H and O–H groups in total. The van der Waals surface area contributed by atoms with Crippen LogP contribution < -0.4 is 10.1 Å². The predicted molar refractivity (Wildman–Crippen MR) is 130 cm³/mol. The number of hydrogen-bond donors (Lipinski definition) is 1. The lowest BCUT2D eigenvalue weighted by atomic mass is 9.82. The van der Waals surface area contributed by atoms with Crippen molar-refractivity contribution in [1.29, 1.82) is 0 Å². The van der Waals surface area contributed by atoms with E-state index >= 15 is 0 Å². The first-order chi connectivity index (χ1) is 16.3. The molecule has 0 atom stereocenters. The molecule has 1 spiro atoms. The summed E-state index contributed by atoms with van der Waals surface area (Å²) >= 11 is 0. The summed E-state index contributed by atoms with van der Waals surface area (Å²) in [6.07, 6.45) is 1.62. The second-order valence-corrected chi connectivity index (χ2v) is 9.36. The number of anilines is 2. The number of aryl methyl sites for hydroxylation is 3. The van der Waals surface area contributed by atoms with E-state index in [0.29, 0.717) is 55.2 Å². The standard InChI is InChI=1S/C27H28N4O3/c1-17-7-8-24-22(13-17)23(32)16-27(34-24)9-11-31(12-10-27)25(33)20-5-4-6-21(15-20)30-26-28-18(2)14-19(3)29-26/h4-8,13-15H,9-12,16H2,1-3H3,(H,28,29,30). The van der Waals surface area contributed by atoms with E-state index in [1.54, 1.807) is 0 Å². The van der Waals surface area contributed by atoms with Crippen molar-refractivity contribution in [2.75, 3.05) is 18.4 Å². The third-order valence-electron chi connectivity index (χ3n) is 6.55. The Bertz CT molecular complexity index is 1260. The minimum absolute atomic E-state index is 0.0296. The van der Waals surface area contributed by atoms with Gasteiger partial charge in [0.1, 0.15) is 11.4 Å². The van der Waals surface area contributed by atoms with Gasteiger partial charge in [-0.05, 0) is 57.2 Å². The molecule has 3 heterocycles. The van der Waals surface area contributed by atoms with Crippen LogP contribution in [0.15, 0.2) is 48.5 Å². The Morgan fingerprint density at radius 3 is 2.47 bits per heavy atom. The number of ketones is 1. The molecule has 34 heavy (non-hydrogen) atoms. The summed E-state index contributed by atoms with van der Waals surface area (Å²) in [5.74, 6) is 1.26. The molecule has 0 radical (unpaired) electrons. The fraction of sp³-hybridized carbons (Fsp3) is 0.333. The molecule has 1 saturated heterocycles. The zero-order valence-corrected chi connectivity index (χ0v) is 19.7. The highest BCUT2D eigenvalue weighted by Crippen LogP contribution is 2.39. The van der Waals surface area contributed by atoms with Crippen molar-refractivity contribution >= 4 is 23.3 Å². The highest BCUT2D eigenvalue weighted by molar-refractivity contribution is 6.00. The largest absolute Gasteiger partial charge is 0.486 e.